The molecule has 228 valence electrons. The lowest BCUT2D eigenvalue weighted by molar-refractivity contribution is -0.147. The standard InChI is InChI=1S/C30H40N4O7S/c1-6-7-13-29(37)34(33-28(36)19-31-5)24(16-22-11-9-8-10-12-22)25(35)18-32-30(20(2)3)42(38,39)23-14-15-26-27(17-23)41-21(4)40-26/h1,8-12,14-15,17,20-21,24-25,30-32,35H,7,13,16,18-19H2,2-5H3,(H,33,36)/t21?,24?,25-,30?/m1/s1. The quantitative estimate of drug-likeness (QED) is 0.188. The molecule has 0 aliphatic carbocycles. The maximum absolute atomic E-state index is 13.7. The average molecular weight is 601 g/mol. The van der Waals surface area contributed by atoms with Crippen molar-refractivity contribution < 1.29 is 32.6 Å². The van der Waals surface area contributed by atoms with Gasteiger partial charge in [0.2, 0.25) is 12.2 Å². The van der Waals surface area contributed by atoms with E-state index in [1.165, 1.54) is 12.1 Å². The molecule has 4 atom stereocenters. The minimum Gasteiger partial charge on any atom is -0.451 e. The number of amides is 2. The van der Waals surface area contributed by atoms with Crippen LogP contribution in [-0.2, 0) is 25.8 Å². The van der Waals surface area contributed by atoms with Crippen molar-refractivity contribution in [3.63, 3.8) is 0 Å². The van der Waals surface area contributed by atoms with E-state index in [2.05, 4.69) is 22.0 Å². The number of carbonyl (C=O) groups excluding carboxylic acids is 2. The fraction of sp³-hybridized carbons (Fsp3) is 0.467. The number of nitrogens with zero attached hydrogens (tertiary/aromatic N) is 1. The highest BCUT2D eigenvalue weighted by atomic mass is 32.2. The lowest BCUT2D eigenvalue weighted by Crippen LogP contribution is -2.60. The molecule has 3 unspecified atom stereocenters. The van der Waals surface area contributed by atoms with E-state index in [0.717, 1.165) is 10.6 Å². The summed E-state index contributed by atoms with van der Waals surface area (Å²) in [4.78, 5) is 25.8. The van der Waals surface area contributed by atoms with Gasteiger partial charge in [-0.25, -0.2) is 13.4 Å². The second kappa shape index (κ2) is 15.0. The summed E-state index contributed by atoms with van der Waals surface area (Å²) in [5.74, 6) is 1.88. The van der Waals surface area contributed by atoms with Crippen LogP contribution in [0.4, 0.5) is 0 Å². The number of likely N-dealkylation sites (N-methyl/N-ethyl adjacent to an activating group) is 1. The normalized spacial score (nSPS) is 16.4. The number of hydrogen-bond acceptors (Lipinski definition) is 9. The third kappa shape index (κ3) is 8.45. The Labute approximate surface area is 247 Å². The zero-order valence-electron chi connectivity index (χ0n) is 24.4. The number of nitrogens with one attached hydrogen (secondary N) is 3. The van der Waals surface area contributed by atoms with E-state index >= 15 is 0 Å². The molecule has 2 amide bonds. The van der Waals surface area contributed by atoms with E-state index in [9.17, 15) is 23.1 Å². The molecule has 2 aromatic carbocycles. The third-order valence-electron chi connectivity index (χ3n) is 6.70. The lowest BCUT2D eigenvalue weighted by atomic mass is 9.99. The molecular weight excluding hydrogens is 560 g/mol. The molecule has 0 fully saturated rings. The van der Waals surface area contributed by atoms with Gasteiger partial charge in [-0.05, 0) is 37.1 Å². The third-order valence-corrected chi connectivity index (χ3v) is 8.99. The van der Waals surface area contributed by atoms with Crippen molar-refractivity contribution >= 4 is 21.7 Å². The Morgan fingerprint density at radius 2 is 1.81 bits per heavy atom. The zero-order chi connectivity index (χ0) is 30.9. The number of carbonyl (C=O) groups is 2. The highest BCUT2D eigenvalue weighted by Gasteiger charge is 2.36. The summed E-state index contributed by atoms with van der Waals surface area (Å²) >= 11 is 0. The van der Waals surface area contributed by atoms with Gasteiger partial charge >= 0.3 is 0 Å². The first-order chi connectivity index (χ1) is 20.0. The lowest BCUT2D eigenvalue weighted by Gasteiger charge is -2.36. The topological polar surface area (TPSA) is 146 Å². The van der Waals surface area contributed by atoms with Crippen molar-refractivity contribution in [3.05, 3.63) is 54.1 Å². The smallest absolute Gasteiger partial charge is 0.252 e. The van der Waals surface area contributed by atoms with Crippen LogP contribution in [0.3, 0.4) is 0 Å². The number of terminal acetylenes is 1. The second-order valence-corrected chi connectivity index (χ2v) is 12.5. The van der Waals surface area contributed by atoms with Gasteiger partial charge in [0.1, 0.15) is 5.37 Å². The van der Waals surface area contributed by atoms with E-state index in [-0.39, 0.29) is 43.2 Å². The zero-order valence-corrected chi connectivity index (χ0v) is 25.2. The van der Waals surface area contributed by atoms with Gasteiger partial charge in [0.25, 0.3) is 5.91 Å². The van der Waals surface area contributed by atoms with Crippen LogP contribution < -0.4 is 25.5 Å². The number of ether oxygens (including phenoxy) is 2. The summed E-state index contributed by atoms with van der Waals surface area (Å²) < 4.78 is 38.5. The maximum atomic E-state index is 13.7. The van der Waals surface area contributed by atoms with Crippen LogP contribution in [0.2, 0.25) is 0 Å². The van der Waals surface area contributed by atoms with E-state index in [4.69, 9.17) is 15.9 Å². The van der Waals surface area contributed by atoms with Gasteiger partial charge in [0, 0.05) is 32.4 Å². The van der Waals surface area contributed by atoms with Crippen LogP contribution in [-0.4, -0.2) is 74.3 Å². The Kier molecular flexibility index (Phi) is 11.8. The summed E-state index contributed by atoms with van der Waals surface area (Å²) in [6.07, 6.45) is 3.86. The Hall–Kier alpha value is -3.63. The molecule has 2 aromatic rings. The predicted octanol–water partition coefficient (Wildman–Crippen LogP) is 1.61. The van der Waals surface area contributed by atoms with E-state index < -0.39 is 45.5 Å². The van der Waals surface area contributed by atoms with Gasteiger partial charge in [-0.3, -0.25) is 20.3 Å². The molecule has 0 radical (unpaired) electrons. The summed E-state index contributed by atoms with van der Waals surface area (Å²) in [6, 6.07) is 12.7. The number of fused-ring (bicyclic) bond motifs is 1. The minimum atomic E-state index is -3.93. The number of benzene rings is 2. The molecule has 1 heterocycles. The Morgan fingerprint density at radius 1 is 1.12 bits per heavy atom. The molecule has 0 saturated carbocycles. The number of aliphatic hydroxyl groups excluding tert-OH is 1. The maximum Gasteiger partial charge on any atom is 0.252 e. The average Bonchev–Trinajstić information content (AvgIpc) is 3.33. The van der Waals surface area contributed by atoms with Gasteiger partial charge in [0.05, 0.1) is 23.6 Å². The molecule has 42 heavy (non-hydrogen) atoms. The van der Waals surface area contributed by atoms with E-state index in [1.807, 2.05) is 30.3 Å². The summed E-state index contributed by atoms with van der Waals surface area (Å²) in [6.45, 7) is 4.97. The van der Waals surface area contributed by atoms with Gasteiger partial charge in [-0.15, -0.1) is 12.3 Å². The summed E-state index contributed by atoms with van der Waals surface area (Å²) in [5.41, 5.74) is 3.41. The van der Waals surface area contributed by atoms with Gasteiger partial charge < -0.3 is 19.9 Å². The van der Waals surface area contributed by atoms with Crippen molar-refractivity contribution in [2.45, 2.75) is 68.7 Å². The van der Waals surface area contributed by atoms with Gasteiger partial charge in [-0.1, -0.05) is 44.2 Å². The Balaban J connectivity index is 1.88. The van der Waals surface area contributed by atoms with Crippen molar-refractivity contribution in [3.8, 4) is 23.8 Å². The van der Waals surface area contributed by atoms with E-state index in [0.29, 0.717) is 11.5 Å². The molecule has 0 aromatic heterocycles. The van der Waals surface area contributed by atoms with Crippen molar-refractivity contribution in [1.29, 1.82) is 0 Å². The minimum absolute atomic E-state index is 0.0471. The van der Waals surface area contributed by atoms with Crippen LogP contribution in [0.1, 0.15) is 39.2 Å². The Morgan fingerprint density at radius 3 is 2.45 bits per heavy atom. The largest absolute Gasteiger partial charge is 0.451 e. The van der Waals surface area contributed by atoms with E-state index in [1.54, 1.807) is 33.9 Å². The predicted molar refractivity (Wildman–Crippen MR) is 158 cm³/mol. The molecule has 0 saturated heterocycles. The highest BCUT2D eigenvalue weighted by molar-refractivity contribution is 7.92. The highest BCUT2D eigenvalue weighted by Crippen LogP contribution is 2.37. The first kappa shape index (κ1) is 32.9. The monoisotopic (exact) mass is 600 g/mol. The number of sulfone groups is 1. The van der Waals surface area contributed by atoms with Gasteiger partial charge in [0.15, 0.2) is 21.3 Å². The molecule has 0 spiro atoms. The molecule has 12 heteroatoms. The molecular formula is C30H40N4O7S. The van der Waals surface area contributed by atoms with Crippen LogP contribution >= 0.6 is 0 Å². The molecule has 1 aliphatic heterocycles. The number of hydrazine groups is 1. The fourth-order valence-corrected chi connectivity index (χ4v) is 6.53. The first-order valence-electron chi connectivity index (χ1n) is 13.8. The summed E-state index contributed by atoms with van der Waals surface area (Å²) in [5, 5.41) is 17.3. The van der Waals surface area contributed by atoms with Crippen LogP contribution in [0.5, 0.6) is 11.5 Å². The van der Waals surface area contributed by atoms with Crippen molar-refractivity contribution in [2.24, 2.45) is 5.92 Å². The van der Waals surface area contributed by atoms with Crippen LogP contribution in [0.15, 0.2) is 53.4 Å². The van der Waals surface area contributed by atoms with Gasteiger partial charge in [-0.2, -0.15) is 0 Å². The molecule has 0 bridgehead atoms. The second-order valence-electron chi connectivity index (χ2n) is 10.4. The van der Waals surface area contributed by atoms with Crippen LogP contribution in [0.25, 0.3) is 0 Å². The van der Waals surface area contributed by atoms with Crippen LogP contribution in [0, 0.1) is 18.3 Å². The van der Waals surface area contributed by atoms with Crippen molar-refractivity contribution in [1.82, 2.24) is 21.1 Å². The molecule has 1 aliphatic rings. The molecule has 4 N–H and O–H groups in total. The summed E-state index contributed by atoms with van der Waals surface area (Å²) in [7, 11) is -2.34. The Bertz CT molecular complexity index is 1360. The fourth-order valence-electron chi connectivity index (χ4n) is 4.68. The molecule has 11 nitrogen and oxygen atoms in total. The number of rotatable bonds is 14. The number of aliphatic hydroxyl groups is 1. The SMILES string of the molecule is C#CCCC(=O)N(NC(=O)CNC)C(Cc1ccccc1)[C@H](O)CNC(C(C)C)S(=O)(=O)c1ccc2c(c1)OC(C)O2. The molecule has 3 rings (SSSR count). The first-order valence-corrected chi connectivity index (χ1v) is 15.4. The van der Waals surface area contributed by atoms with Crippen molar-refractivity contribution in [2.75, 3.05) is 20.1 Å². The number of hydrogen-bond donors (Lipinski definition) is 4.